The zero-order valence-corrected chi connectivity index (χ0v) is 11.3. The van der Waals surface area contributed by atoms with Crippen molar-refractivity contribution < 1.29 is 9.50 Å². The monoisotopic (exact) mass is 266 g/mol. The summed E-state index contributed by atoms with van der Waals surface area (Å²) in [5.41, 5.74) is 1.15. The second kappa shape index (κ2) is 5.12. The van der Waals surface area contributed by atoms with Gasteiger partial charge in [-0.15, -0.1) is 0 Å². The highest BCUT2D eigenvalue weighted by molar-refractivity contribution is 7.99. The SMILES string of the molecule is Cc1cc(Sc2nccn2C)c([C@@H](C)O)cc1F. The zero-order valence-electron chi connectivity index (χ0n) is 10.5. The third-order valence-electron chi connectivity index (χ3n) is 2.72. The number of imidazole rings is 1. The summed E-state index contributed by atoms with van der Waals surface area (Å²) in [6.07, 6.45) is 2.85. The molecule has 96 valence electrons. The van der Waals surface area contributed by atoms with Crippen LogP contribution in [0.4, 0.5) is 4.39 Å². The van der Waals surface area contributed by atoms with Crippen LogP contribution < -0.4 is 0 Å². The minimum absolute atomic E-state index is 0.296. The lowest BCUT2D eigenvalue weighted by molar-refractivity contribution is 0.196. The van der Waals surface area contributed by atoms with Crippen LogP contribution in [0.3, 0.4) is 0 Å². The fourth-order valence-electron chi connectivity index (χ4n) is 1.63. The molecule has 0 unspecified atom stereocenters. The van der Waals surface area contributed by atoms with Crippen LogP contribution in [0.2, 0.25) is 0 Å². The number of halogens is 1. The molecule has 18 heavy (non-hydrogen) atoms. The van der Waals surface area contributed by atoms with Crippen molar-refractivity contribution >= 4 is 11.8 Å². The molecule has 2 rings (SSSR count). The van der Waals surface area contributed by atoms with Gasteiger partial charge in [0.15, 0.2) is 5.16 Å². The first-order valence-corrected chi connectivity index (χ1v) is 6.44. The van der Waals surface area contributed by atoms with E-state index in [0.717, 1.165) is 10.1 Å². The Morgan fingerprint density at radius 3 is 2.72 bits per heavy atom. The minimum Gasteiger partial charge on any atom is -0.389 e. The summed E-state index contributed by atoms with van der Waals surface area (Å²) < 4.78 is 15.4. The molecule has 0 aliphatic heterocycles. The van der Waals surface area contributed by atoms with Gasteiger partial charge in [-0.3, -0.25) is 0 Å². The fourth-order valence-corrected chi connectivity index (χ4v) is 2.73. The smallest absolute Gasteiger partial charge is 0.172 e. The van der Waals surface area contributed by atoms with Crippen molar-refractivity contribution in [1.82, 2.24) is 9.55 Å². The van der Waals surface area contributed by atoms with E-state index in [1.165, 1.54) is 17.8 Å². The van der Waals surface area contributed by atoms with Gasteiger partial charge in [-0.2, -0.15) is 0 Å². The molecule has 0 bridgehead atoms. The largest absolute Gasteiger partial charge is 0.389 e. The van der Waals surface area contributed by atoms with Crippen LogP contribution in [0, 0.1) is 12.7 Å². The summed E-state index contributed by atoms with van der Waals surface area (Å²) in [6.45, 7) is 3.34. The van der Waals surface area contributed by atoms with Crippen molar-refractivity contribution in [3.8, 4) is 0 Å². The highest BCUT2D eigenvalue weighted by Crippen LogP contribution is 2.33. The molecule has 1 heterocycles. The molecule has 1 atom stereocenters. The van der Waals surface area contributed by atoms with E-state index in [0.29, 0.717) is 11.1 Å². The van der Waals surface area contributed by atoms with E-state index in [1.54, 1.807) is 26.1 Å². The summed E-state index contributed by atoms with van der Waals surface area (Å²) in [5, 5.41) is 10.5. The summed E-state index contributed by atoms with van der Waals surface area (Å²) in [5.74, 6) is -0.296. The predicted octanol–water partition coefficient (Wildman–Crippen LogP) is 3.07. The minimum atomic E-state index is -0.706. The van der Waals surface area contributed by atoms with Crippen molar-refractivity contribution in [3.05, 3.63) is 41.5 Å². The lowest BCUT2D eigenvalue weighted by Gasteiger charge is -2.13. The van der Waals surface area contributed by atoms with Gasteiger partial charge >= 0.3 is 0 Å². The van der Waals surface area contributed by atoms with E-state index in [-0.39, 0.29) is 5.82 Å². The Hall–Kier alpha value is -1.33. The Morgan fingerprint density at radius 1 is 1.44 bits per heavy atom. The second-order valence-corrected chi connectivity index (χ2v) is 5.25. The number of aliphatic hydroxyl groups excluding tert-OH is 1. The second-order valence-electron chi connectivity index (χ2n) is 4.24. The van der Waals surface area contributed by atoms with Gasteiger partial charge in [0.2, 0.25) is 0 Å². The van der Waals surface area contributed by atoms with Gasteiger partial charge in [0.1, 0.15) is 5.82 Å². The first-order chi connectivity index (χ1) is 8.49. The van der Waals surface area contributed by atoms with Crippen molar-refractivity contribution in [2.24, 2.45) is 7.05 Å². The molecule has 2 aromatic rings. The molecule has 5 heteroatoms. The molecule has 0 aliphatic rings. The van der Waals surface area contributed by atoms with Gasteiger partial charge in [0.05, 0.1) is 6.10 Å². The Kier molecular flexibility index (Phi) is 3.73. The van der Waals surface area contributed by atoms with E-state index in [9.17, 15) is 9.50 Å². The number of aryl methyl sites for hydroxylation is 2. The van der Waals surface area contributed by atoms with Crippen LogP contribution in [0.1, 0.15) is 24.2 Å². The van der Waals surface area contributed by atoms with E-state index >= 15 is 0 Å². The van der Waals surface area contributed by atoms with Crippen molar-refractivity contribution in [3.63, 3.8) is 0 Å². The van der Waals surface area contributed by atoms with Crippen LogP contribution in [-0.2, 0) is 7.05 Å². The van der Waals surface area contributed by atoms with Crippen LogP contribution in [0.15, 0.2) is 34.6 Å². The first-order valence-electron chi connectivity index (χ1n) is 5.62. The molecule has 0 fully saturated rings. The van der Waals surface area contributed by atoms with Crippen LogP contribution >= 0.6 is 11.8 Å². The third-order valence-corrected chi connectivity index (χ3v) is 3.87. The molecule has 0 spiro atoms. The fraction of sp³-hybridized carbons (Fsp3) is 0.308. The molecule has 1 aromatic heterocycles. The highest BCUT2D eigenvalue weighted by atomic mass is 32.2. The molecule has 0 radical (unpaired) electrons. The average molecular weight is 266 g/mol. The molecule has 0 saturated heterocycles. The Labute approximate surface area is 110 Å². The zero-order chi connectivity index (χ0) is 13.3. The van der Waals surface area contributed by atoms with E-state index in [1.807, 2.05) is 17.8 Å². The number of hydrogen-bond donors (Lipinski definition) is 1. The van der Waals surface area contributed by atoms with Crippen molar-refractivity contribution in [2.75, 3.05) is 0 Å². The molecule has 3 nitrogen and oxygen atoms in total. The lowest BCUT2D eigenvalue weighted by atomic mass is 10.1. The van der Waals surface area contributed by atoms with Crippen LogP contribution in [-0.4, -0.2) is 14.7 Å². The highest BCUT2D eigenvalue weighted by Gasteiger charge is 2.14. The molecule has 0 amide bonds. The summed E-state index contributed by atoms with van der Waals surface area (Å²) in [7, 11) is 1.90. The maximum Gasteiger partial charge on any atom is 0.172 e. The third kappa shape index (κ3) is 2.57. The molecule has 0 aliphatic carbocycles. The molecule has 1 N–H and O–H groups in total. The normalized spacial score (nSPS) is 12.7. The van der Waals surface area contributed by atoms with Gasteiger partial charge in [0.25, 0.3) is 0 Å². The Balaban J connectivity index is 2.43. The number of hydrogen-bond acceptors (Lipinski definition) is 3. The van der Waals surface area contributed by atoms with E-state index in [4.69, 9.17) is 0 Å². The van der Waals surface area contributed by atoms with Crippen molar-refractivity contribution in [1.29, 1.82) is 0 Å². The van der Waals surface area contributed by atoms with Gasteiger partial charge < -0.3 is 9.67 Å². The quantitative estimate of drug-likeness (QED) is 0.927. The number of aromatic nitrogens is 2. The van der Waals surface area contributed by atoms with Gasteiger partial charge in [0, 0.05) is 24.3 Å². The molecular formula is C13H15FN2OS. The Bertz CT molecular complexity index is 566. The maximum absolute atomic E-state index is 13.5. The average Bonchev–Trinajstić information content (AvgIpc) is 2.69. The molecule has 0 saturated carbocycles. The van der Waals surface area contributed by atoms with Crippen LogP contribution in [0.25, 0.3) is 0 Å². The van der Waals surface area contributed by atoms with Crippen molar-refractivity contribution in [2.45, 2.75) is 30.0 Å². The summed E-state index contributed by atoms with van der Waals surface area (Å²) in [4.78, 5) is 5.05. The van der Waals surface area contributed by atoms with Crippen LogP contribution in [0.5, 0.6) is 0 Å². The molecular weight excluding hydrogens is 251 g/mol. The van der Waals surface area contributed by atoms with E-state index in [2.05, 4.69) is 4.98 Å². The number of nitrogens with zero attached hydrogens (tertiary/aromatic N) is 2. The first kappa shape index (κ1) is 13.1. The number of aliphatic hydroxyl groups is 1. The standard InChI is InChI=1S/C13H15FN2OS/c1-8-6-12(10(9(2)17)7-11(8)14)18-13-15-4-5-16(13)3/h4-7,9,17H,1-3H3/t9-/m1/s1. The predicted molar refractivity (Wildman–Crippen MR) is 69.1 cm³/mol. The number of rotatable bonds is 3. The molecule has 1 aromatic carbocycles. The maximum atomic E-state index is 13.5. The summed E-state index contributed by atoms with van der Waals surface area (Å²) >= 11 is 1.42. The number of benzene rings is 1. The summed E-state index contributed by atoms with van der Waals surface area (Å²) in [6, 6.07) is 3.14. The Morgan fingerprint density at radius 2 is 2.17 bits per heavy atom. The van der Waals surface area contributed by atoms with Gasteiger partial charge in [-0.05, 0) is 37.1 Å². The van der Waals surface area contributed by atoms with Gasteiger partial charge in [-0.25, -0.2) is 9.37 Å². The lowest BCUT2D eigenvalue weighted by Crippen LogP contribution is -1.98. The topological polar surface area (TPSA) is 38.0 Å². The van der Waals surface area contributed by atoms with Gasteiger partial charge in [-0.1, -0.05) is 11.8 Å². The van der Waals surface area contributed by atoms with E-state index < -0.39 is 6.10 Å².